The number of likely N-dealkylation sites (N-methyl/N-ethyl adjacent to an activating group) is 2. The molecule has 0 fully saturated rings. The Labute approximate surface area is 598 Å². The lowest BCUT2D eigenvalue weighted by atomic mass is 10.0. The van der Waals surface area contributed by atoms with E-state index in [4.69, 9.17) is 34.3 Å². The maximum Gasteiger partial charge on any atom is 0.416 e. The molecule has 2 aliphatic rings. The smallest absolute Gasteiger partial charge is 0.336 e. The van der Waals surface area contributed by atoms with Gasteiger partial charge in [0.2, 0.25) is 11.8 Å². The van der Waals surface area contributed by atoms with Crippen LogP contribution in [0.5, 0.6) is 0 Å². The van der Waals surface area contributed by atoms with Crippen LogP contribution in [0.2, 0.25) is 0 Å². The number of carbonyl (C=O) groups excluding carboxylic acids is 2. The van der Waals surface area contributed by atoms with E-state index in [0.29, 0.717) is 39.1 Å². The van der Waals surface area contributed by atoms with E-state index >= 15 is 0 Å². The molecule has 10 rings (SSSR count). The van der Waals surface area contributed by atoms with E-state index in [0.717, 1.165) is 78.2 Å². The Morgan fingerprint density at radius 2 is 0.905 bits per heavy atom. The van der Waals surface area contributed by atoms with Crippen molar-refractivity contribution in [1.82, 2.24) is 38.7 Å². The van der Waals surface area contributed by atoms with Gasteiger partial charge in [-0.2, -0.15) is 36.3 Å². The van der Waals surface area contributed by atoms with Crippen molar-refractivity contribution in [1.29, 1.82) is 0 Å². The van der Waals surface area contributed by atoms with E-state index in [-0.39, 0.29) is 64.3 Å². The molecule has 95 heavy (non-hydrogen) atoms. The number of carbonyl (C=O) groups is 2. The molecule has 22 heteroatoms. The first-order chi connectivity index (χ1) is 56.4. The molecule has 0 bridgehead atoms. The van der Waals surface area contributed by atoms with Crippen molar-refractivity contribution in [2.45, 2.75) is 127 Å². The quantitative estimate of drug-likeness (QED) is 0.0295. The van der Waals surface area contributed by atoms with E-state index in [2.05, 4.69) is 9.97 Å². The first-order valence-electron chi connectivity index (χ1n) is 43.3. The van der Waals surface area contributed by atoms with Crippen molar-refractivity contribution in [3.63, 3.8) is 0 Å². The molecule has 12 nitrogen and oxygen atoms in total. The second kappa shape index (κ2) is 32.7. The van der Waals surface area contributed by atoms with Gasteiger partial charge in [0, 0.05) is 96.5 Å². The highest BCUT2D eigenvalue weighted by atomic mass is 32.2. The second-order valence-corrected chi connectivity index (χ2v) is 22.2. The molecule has 0 saturated heterocycles. The summed E-state index contributed by atoms with van der Waals surface area (Å²) in [7, 11) is 0. The summed E-state index contributed by atoms with van der Waals surface area (Å²) in [6.45, 7) is -14.6. The number of fused-ring (bicyclic) bond motifs is 2. The Morgan fingerprint density at radius 3 is 1.28 bits per heavy atom. The first kappa shape index (κ1) is 41.9. The van der Waals surface area contributed by atoms with E-state index in [9.17, 15) is 59.8 Å². The zero-order chi connectivity index (χ0) is 93.8. The van der Waals surface area contributed by atoms with Crippen LogP contribution in [0.1, 0.15) is 137 Å². The van der Waals surface area contributed by atoms with Crippen LogP contribution in [0.25, 0.3) is 22.3 Å². The Morgan fingerprint density at radius 1 is 0.537 bits per heavy atom. The van der Waals surface area contributed by atoms with Crippen molar-refractivity contribution in [2.24, 2.45) is 5.89 Å². The van der Waals surface area contributed by atoms with Crippen LogP contribution < -0.4 is 11.1 Å². The molecule has 2 aromatic heterocycles. The summed E-state index contributed by atoms with van der Waals surface area (Å²) in [5.41, 5.74) is -12.8. The lowest BCUT2D eigenvalue weighted by molar-refractivity contribution is -0.138. The third-order valence-corrected chi connectivity index (χ3v) is 16.0. The van der Waals surface area contributed by atoms with Gasteiger partial charge in [0.25, 0.3) is 11.1 Å². The minimum absolute atomic E-state index is 0.00225. The van der Waals surface area contributed by atoms with Crippen molar-refractivity contribution >= 4 is 35.3 Å². The maximum atomic E-state index is 14.9. The topological polar surface area (TPSA) is 117 Å². The number of benzene rings is 6. The number of nitrogens with zero attached hydrogens (tertiary/aromatic N) is 8. The van der Waals surface area contributed by atoms with Gasteiger partial charge in [-0.3, -0.25) is 19.2 Å². The van der Waals surface area contributed by atoms with Crippen LogP contribution in [-0.4, -0.2) is 103 Å². The number of hydrogen-bond acceptors (Lipinski definition) is 10. The summed E-state index contributed by atoms with van der Waals surface area (Å²) in [5.74, 6) is -9.12. The van der Waals surface area contributed by atoms with Gasteiger partial charge in [-0.15, -0.1) is 0 Å². The molecule has 1 unspecified atom stereocenters. The molecule has 0 N–H and O–H groups in total. The normalized spacial score (nSPS) is 21.1. The molecule has 0 spiro atoms. The van der Waals surface area contributed by atoms with Gasteiger partial charge in [0.15, 0.2) is 10.3 Å². The fourth-order valence-electron chi connectivity index (χ4n) is 9.60. The molecule has 1 atom stereocenters. The Kier molecular flexibility index (Phi) is 14.4. The van der Waals surface area contributed by atoms with Gasteiger partial charge < -0.3 is 28.7 Å². The highest BCUT2D eigenvalue weighted by molar-refractivity contribution is 7.98. The van der Waals surface area contributed by atoms with Crippen molar-refractivity contribution in [2.75, 3.05) is 52.2 Å². The number of rotatable bonds is 26. The fourth-order valence-corrected chi connectivity index (χ4v) is 10.9. The van der Waals surface area contributed by atoms with Crippen molar-refractivity contribution < 1.29 is 84.5 Å². The largest absolute Gasteiger partial charge is 0.416 e. The van der Waals surface area contributed by atoms with Crippen LogP contribution in [0.15, 0.2) is 165 Å². The molecule has 502 valence electrons. The van der Waals surface area contributed by atoms with Crippen LogP contribution in [0.4, 0.5) is 35.1 Å². The van der Waals surface area contributed by atoms with E-state index in [1.165, 1.54) is 60.7 Å². The van der Waals surface area contributed by atoms with Crippen LogP contribution >= 0.6 is 23.5 Å². The predicted molar refractivity (Wildman–Crippen MR) is 358 cm³/mol. The minimum atomic E-state index is -4.60. The SMILES string of the molecule is [2H]c1c([2H])c(C([2H])([2H])Sc2nc(=O)c3c(n2C([2H])([2H])C(=O)N(CCN(C([2H])([2H])C)C([2H])([2H])C)Cc2ccc(-c4ccc(C(F)(F)F)cc4)cc2)C([2H])([2H])C([2H])(C)C3([2H])[2H])c([2H])c([2H])c1F.[2H]c1c([2H])c(C([2H])([2H])Sc2nc(=O)c3c(n2C([2H])([2H])C(=O)N(CCN(C([2H])([2H])C)C([2H])([2H])C)Cc2ccc(-c4ccc(C(F)(F)F)cc4)cc2)CCC3)c([2H])c([2H])c1F. The summed E-state index contributed by atoms with van der Waals surface area (Å²) in [5, 5.41) is -1.94. The lowest BCUT2D eigenvalue weighted by Gasteiger charge is -2.28. The van der Waals surface area contributed by atoms with E-state index in [1.54, 1.807) is 12.1 Å². The summed E-state index contributed by atoms with van der Waals surface area (Å²) >= 11 is -0.310. The summed E-state index contributed by atoms with van der Waals surface area (Å²) in [4.78, 5) is 67.4. The Balaban J connectivity index is 0.000000282. The monoisotopic (exact) mass is 1380 g/mol. The van der Waals surface area contributed by atoms with E-state index < -0.39 is 241 Å². The standard InChI is InChI=1S/C37H40F4N4O2S.C36H38F4N4O2S/c1-4-43(5-2)18-19-44(22-26-6-10-28(11-7-26)29-12-14-30(15-13-29)37(39,40)41)34(46)23-45-33-21-25(3)20-32(33)35(47)42-36(45)48-24-27-8-16-31(38)17-9-27;1-3-42(4-2)20-21-43(22-25-8-12-27(13-9-25)28-14-16-29(17-15-28)36(38,39)40)33(45)23-44-32-7-5-6-31(32)34(46)41-35(44)47-24-26-10-18-30(37)19-11-26/h6-17,25H,4-5,18-24H2,1-3H3;8-19H,3-7,20-24H2,1-2H3/i4D2,5D2,8D,9D,16D,17D,20D2,21D2,23D2,24D2,25D;3D2,4D2,10D,11D,18D,19D,23D2,24D2. The molecule has 2 aliphatic carbocycles. The van der Waals surface area contributed by atoms with Gasteiger partial charge >= 0.3 is 12.4 Å². The average Bonchev–Trinajstić information content (AvgIpc) is 1.51. The van der Waals surface area contributed by atoms with Crippen LogP contribution in [0, 0.1) is 17.5 Å². The Hall–Kier alpha value is -7.92. The number of hydrogen-bond donors (Lipinski definition) is 0. The second-order valence-electron chi connectivity index (χ2n) is 20.7. The highest BCUT2D eigenvalue weighted by Crippen LogP contribution is 2.35. The predicted octanol–water partition coefficient (Wildman–Crippen LogP) is 14.7. The molecule has 0 aliphatic heterocycles. The first-order valence-corrected chi connectivity index (χ1v) is 30.5. The zero-order valence-electron chi connectivity index (χ0n) is 80.2. The molecular weight excluding hydrogens is 1270 g/mol. The van der Waals surface area contributed by atoms with E-state index in [1.807, 2.05) is 0 Å². The third kappa shape index (κ3) is 19.2. The summed E-state index contributed by atoms with van der Waals surface area (Å²) in [6, 6.07) is 10.9. The van der Waals surface area contributed by atoms with Gasteiger partial charge in [-0.05, 0) is 157 Å². The molecular formula is C73H78F8N8O4S2. The average molecular weight is 1380 g/mol. The van der Waals surface area contributed by atoms with Gasteiger partial charge in [0.1, 0.15) is 24.6 Å². The number of thioether (sulfide) groups is 2. The summed E-state index contributed by atoms with van der Waals surface area (Å²) < 4.78 is 356. The lowest BCUT2D eigenvalue weighted by Crippen LogP contribution is -2.40. The molecule has 0 radical (unpaired) electrons. The van der Waals surface area contributed by atoms with Gasteiger partial charge in [-0.1, -0.05) is 155 Å². The number of halogens is 8. The van der Waals surface area contributed by atoms with Gasteiger partial charge in [-0.25, -0.2) is 8.78 Å². The molecule has 8 aromatic rings. The highest BCUT2D eigenvalue weighted by Gasteiger charge is 2.33. The van der Waals surface area contributed by atoms with Gasteiger partial charge in [0.05, 0.1) is 27.6 Å². The number of amides is 2. The summed E-state index contributed by atoms with van der Waals surface area (Å²) in [6.07, 6.45) is -15.3. The van der Waals surface area contributed by atoms with Crippen LogP contribution in [0.3, 0.4) is 0 Å². The third-order valence-electron chi connectivity index (χ3n) is 14.5. The van der Waals surface area contributed by atoms with Crippen molar-refractivity contribution in [3.8, 4) is 22.3 Å². The molecule has 2 amide bonds. The molecule has 2 heterocycles. The maximum absolute atomic E-state index is 14.9. The zero-order valence-corrected chi connectivity index (χ0v) is 52.8. The van der Waals surface area contributed by atoms with Crippen molar-refractivity contribution in [3.05, 3.63) is 234 Å². The fraction of sp³-hybridized carbons (Fsp3) is 0.370. The number of aromatic nitrogens is 4. The number of alkyl halides is 6. The Bertz CT molecular complexity index is 5450. The van der Waals surface area contributed by atoms with Crippen LogP contribution in [-0.2, 0) is 85.0 Å². The molecule has 0 saturated carbocycles. The molecule has 6 aromatic carbocycles. The minimum Gasteiger partial charge on any atom is -0.336 e.